The predicted molar refractivity (Wildman–Crippen MR) is 134 cm³/mol. The van der Waals surface area contributed by atoms with E-state index in [-0.39, 0.29) is 11.8 Å². The van der Waals surface area contributed by atoms with Gasteiger partial charge in [0.15, 0.2) is 0 Å². The Morgan fingerprint density at radius 2 is 1.91 bits per heavy atom. The zero-order valence-corrected chi connectivity index (χ0v) is 20.7. The average Bonchev–Trinajstić information content (AvgIpc) is 3.20. The molecule has 1 aromatic carbocycles. The third-order valence-electron chi connectivity index (χ3n) is 6.87. The number of amides is 1. The van der Waals surface area contributed by atoms with Crippen LogP contribution in [0.15, 0.2) is 24.3 Å². The second kappa shape index (κ2) is 8.93. The van der Waals surface area contributed by atoms with Gasteiger partial charge in [0.05, 0.1) is 18.1 Å². The normalized spacial score (nSPS) is 18.6. The Morgan fingerprint density at radius 1 is 1.15 bits per heavy atom. The van der Waals surface area contributed by atoms with Crippen molar-refractivity contribution in [2.75, 3.05) is 38.2 Å². The molecule has 3 heterocycles. The van der Waals surface area contributed by atoms with Crippen LogP contribution in [0, 0.1) is 5.92 Å². The van der Waals surface area contributed by atoms with Crippen LogP contribution in [0.4, 0.5) is 5.82 Å². The molecule has 5 rings (SSSR count). The number of hydrogen-bond acceptors (Lipinski definition) is 6. The number of benzene rings is 1. The molecule has 174 valence electrons. The maximum absolute atomic E-state index is 13.2. The summed E-state index contributed by atoms with van der Waals surface area (Å²) in [6.07, 6.45) is 3.49. The van der Waals surface area contributed by atoms with Crippen molar-refractivity contribution < 1.29 is 9.53 Å². The molecule has 2 aromatic heterocycles. The van der Waals surface area contributed by atoms with Gasteiger partial charge in [-0.1, -0.05) is 32.9 Å². The second-order valence-electron chi connectivity index (χ2n) is 9.57. The van der Waals surface area contributed by atoms with E-state index in [4.69, 9.17) is 14.7 Å². The lowest BCUT2D eigenvalue weighted by atomic mass is 9.89. The van der Waals surface area contributed by atoms with Gasteiger partial charge in [0.25, 0.3) is 5.91 Å². The molecule has 1 amide bonds. The van der Waals surface area contributed by atoms with Crippen LogP contribution in [-0.4, -0.2) is 54.1 Å². The number of fused-ring (bicyclic) bond motifs is 3. The van der Waals surface area contributed by atoms with Crippen molar-refractivity contribution in [1.82, 2.24) is 14.9 Å². The SMILES string of the molecule is COc1ccccc1C(=O)N1CCN(c2nc(C(C)C)nc3sc4c(c23)CCC(C)C4)CC1. The van der Waals surface area contributed by atoms with Crippen LogP contribution < -0.4 is 9.64 Å². The molecule has 1 atom stereocenters. The first-order valence-corrected chi connectivity index (χ1v) is 12.8. The van der Waals surface area contributed by atoms with Crippen LogP contribution in [-0.2, 0) is 12.8 Å². The molecular weight excluding hydrogens is 432 g/mol. The van der Waals surface area contributed by atoms with Gasteiger partial charge in [-0.2, -0.15) is 0 Å². The number of hydrogen-bond donors (Lipinski definition) is 0. The molecule has 0 radical (unpaired) electrons. The molecule has 33 heavy (non-hydrogen) atoms. The summed E-state index contributed by atoms with van der Waals surface area (Å²) in [7, 11) is 1.61. The minimum absolute atomic E-state index is 0.0321. The lowest BCUT2D eigenvalue weighted by Gasteiger charge is -2.36. The van der Waals surface area contributed by atoms with E-state index in [0.29, 0.717) is 24.4 Å². The van der Waals surface area contributed by atoms with Crippen LogP contribution in [0.25, 0.3) is 10.2 Å². The first-order chi connectivity index (χ1) is 16.0. The van der Waals surface area contributed by atoms with Crippen LogP contribution in [0.3, 0.4) is 0 Å². The molecule has 1 fully saturated rings. The van der Waals surface area contributed by atoms with Gasteiger partial charge in [-0.15, -0.1) is 11.3 Å². The monoisotopic (exact) mass is 464 g/mol. The van der Waals surface area contributed by atoms with Gasteiger partial charge >= 0.3 is 0 Å². The lowest BCUT2D eigenvalue weighted by molar-refractivity contribution is 0.0743. The Bertz CT molecular complexity index is 1180. The Morgan fingerprint density at radius 3 is 2.64 bits per heavy atom. The predicted octanol–water partition coefficient (Wildman–Crippen LogP) is 4.91. The highest BCUT2D eigenvalue weighted by Crippen LogP contribution is 2.41. The fraction of sp³-hybridized carbons (Fsp3) is 0.500. The smallest absolute Gasteiger partial charge is 0.257 e. The molecule has 1 unspecified atom stereocenters. The van der Waals surface area contributed by atoms with Gasteiger partial charge in [0.2, 0.25) is 0 Å². The van der Waals surface area contributed by atoms with Crippen LogP contribution >= 0.6 is 11.3 Å². The maximum Gasteiger partial charge on any atom is 0.257 e. The van der Waals surface area contributed by atoms with Gasteiger partial charge < -0.3 is 14.5 Å². The zero-order chi connectivity index (χ0) is 23.1. The van der Waals surface area contributed by atoms with Crippen LogP contribution in [0.1, 0.15) is 59.7 Å². The molecule has 0 saturated carbocycles. The van der Waals surface area contributed by atoms with E-state index in [1.54, 1.807) is 7.11 Å². The van der Waals surface area contributed by atoms with E-state index in [2.05, 4.69) is 25.7 Å². The molecule has 0 N–H and O–H groups in total. The molecule has 2 aliphatic rings. The zero-order valence-electron chi connectivity index (χ0n) is 19.9. The van der Waals surface area contributed by atoms with E-state index in [9.17, 15) is 4.79 Å². The molecule has 1 aliphatic heterocycles. The van der Waals surface area contributed by atoms with Crippen molar-refractivity contribution in [2.45, 2.75) is 46.0 Å². The highest BCUT2D eigenvalue weighted by atomic mass is 32.1. The largest absolute Gasteiger partial charge is 0.496 e. The summed E-state index contributed by atoms with van der Waals surface area (Å²) in [6, 6.07) is 7.46. The summed E-state index contributed by atoms with van der Waals surface area (Å²) < 4.78 is 5.41. The summed E-state index contributed by atoms with van der Waals surface area (Å²) >= 11 is 1.86. The first-order valence-electron chi connectivity index (χ1n) is 12.0. The van der Waals surface area contributed by atoms with Crippen molar-refractivity contribution in [1.29, 1.82) is 0 Å². The molecular formula is C26H32N4O2S. The maximum atomic E-state index is 13.2. The summed E-state index contributed by atoms with van der Waals surface area (Å²) in [4.78, 5) is 30.1. The van der Waals surface area contributed by atoms with Crippen molar-refractivity contribution in [3.05, 3.63) is 46.1 Å². The number of nitrogens with zero attached hydrogens (tertiary/aromatic N) is 4. The van der Waals surface area contributed by atoms with Crippen molar-refractivity contribution in [3.8, 4) is 5.75 Å². The molecule has 0 spiro atoms. The Kier molecular flexibility index (Phi) is 5.99. The van der Waals surface area contributed by atoms with Crippen molar-refractivity contribution in [3.63, 3.8) is 0 Å². The van der Waals surface area contributed by atoms with E-state index < -0.39 is 0 Å². The lowest BCUT2D eigenvalue weighted by Crippen LogP contribution is -2.49. The highest BCUT2D eigenvalue weighted by Gasteiger charge is 2.29. The third kappa shape index (κ3) is 4.07. The number of piperazine rings is 1. The number of aromatic nitrogens is 2. The van der Waals surface area contributed by atoms with Crippen molar-refractivity contribution in [2.24, 2.45) is 5.92 Å². The number of para-hydroxylation sites is 1. The average molecular weight is 465 g/mol. The fourth-order valence-electron chi connectivity index (χ4n) is 4.94. The van der Waals surface area contributed by atoms with E-state index in [1.807, 2.05) is 40.5 Å². The Labute approximate surface area is 199 Å². The van der Waals surface area contributed by atoms with E-state index in [0.717, 1.165) is 48.3 Å². The van der Waals surface area contributed by atoms with Gasteiger partial charge in [-0.05, 0) is 42.9 Å². The number of aryl methyl sites for hydroxylation is 1. The third-order valence-corrected chi connectivity index (χ3v) is 8.02. The Hall–Kier alpha value is -2.67. The molecule has 6 nitrogen and oxygen atoms in total. The fourth-order valence-corrected chi connectivity index (χ4v) is 6.32. The second-order valence-corrected chi connectivity index (χ2v) is 10.7. The van der Waals surface area contributed by atoms with Crippen LogP contribution in [0.2, 0.25) is 0 Å². The molecule has 7 heteroatoms. The van der Waals surface area contributed by atoms with Crippen molar-refractivity contribution >= 4 is 33.3 Å². The molecule has 1 aliphatic carbocycles. The number of thiophene rings is 1. The van der Waals surface area contributed by atoms with Gasteiger partial charge in [-0.3, -0.25) is 4.79 Å². The van der Waals surface area contributed by atoms with Gasteiger partial charge in [-0.25, -0.2) is 9.97 Å². The number of rotatable bonds is 4. The molecule has 1 saturated heterocycles. The minimum atomic E-state index is 0.0321. The summed E-state index contributed by atoms with van der Waals surface area (Å²) in [5.41, 5.74) is 2.09. The van der Waals surface area contributed by atoms with E-state index >= 15 is 0 Å². The number of carbonyl (C=O) groups is 1. The topological polar surface area (TPSA) is 58.6 Å². The van der Waals surface area contributed by atoms with Crippen LogP contribution in [0.5, 0.6) is 5.75 Å². The molecule has 0 bridgehead atoms. The first kappa shape index (κ1) is 22.1. The number of carbonyl (C=O) groups excluding carboxylic acids is 1. The standard InChI is InChI=1S/C26H32N4O2S/c1-16(2)23-27-24(22-19-10-9-17(3)15-21(19)33-25(22)28-23)29-11-13-30(14-12-29)26(31)18-7-5-6-8-20(18)32-4/h5-8,16-17H,9-15H2,1-4H3. The quantitative estimate of drug-likeness (QED) is 0.549. The number of ether oxygens (including phenoxy) is 1. The van der Waals surface area contributed by atoms with Gasteiger partial charge in [0, 0.05) is 37.0 Å². The number of anilines is 1. The summed E-state index contributed by atoms with van der Waals surface area (Å²) in [6.45, 7) is 9.54. The van der Waals surface area contributed by atoms with Gasteiger partial charge in [0.1, 0.15) is 22.2 Å². The Balaban J connectivity index is 1.44. The highest BCUT2D eigenvalue weighted by molar-refractivity contribution is 7.19. The summed E-state index contributed by atoms with van der Waals surface area (Å²) in [5.74, 6) is 3.65. The molecule has 3 aromatic rings. The number of methoxy groups -OCH3 is 1. The minimum Gasteiger partial charge on any atom is -0.496 e. The van der Waals surface area contributed by atoms with E-state index in [1.165, 1.54) is 22.2 Å². The summed E-state index contributed by atoms with van der Waals surface area (Å²) in [5, 5.41) is 1.26.